The zero-order valence-corrected chi connectivity index (χ0v) is 17.3. The predicted octanol–water partition coefficient (Wildman–Crippen LogP) is 6.35. The molecule has 3 rings (SSSR count). The number of hydrogen-bond donors (Lipinski definition) is 2. The van der Waals surface area contributed by atoms with Gasteiger partial charge in [-0.05, 0) is 69.7 Å². The summed E-state index contributed by atoms with van der Waals surface area (Å²) in [5, 5.41) is 26.7. The van der Waals surface area contributed by atoms with E-state index < -0.39 is 23.6 Å². The Morgan fingerprint density at radius 3 is 2.46 bits per heavy atom. The number of hydrogen-bond acceptors (Lipinski definition) is 4. The molecule has 1 aliphatic heterocycles. The van der Waals surface area contributed by atoms with Crippen LogP contribution in [0.3, 0.4) is 0 Å². The first kappa shape index (κ1) is 21.3. The molecule has 2 N–H and O–H groups in total. The molecule has 1 aromatic carbocycles. The van der Waals surface area contributed by atoms with Crippen LogP contribution in [0.4, 0.5) is 13.2 Å². The van der Waals surface area contributed by atoms with Gasteiger partial charge in [-0.3, -0.25) is 0 Å². The average Bonchev–Trinajstić information content (AvgIpc) is 3.27. The Labute approximate surface area is 171 Å². The maximum absolute atomic E-state index is 13.9. The van der Waals surface area contributed by atoms with Gasteiger partial charge in [-0.2, -0.15) is 24.5 Å². The van der Waals surface area contributed by atoms with Crippen molar-refractivity contribution in [3.05, 3.63) is 52.1 Å². The second kappa shape index (κ2) is 7.76. The number of aromatic hydroxyl groups is 1. The fourth-order valence-corrected chi connectivity index (χ4v) is 5.35. The molecule has 2 unspecified atom stereocenters. The van der Waals surface area contributed by atoms with Crippen molar-refractivity contribution in [2.75, 3.05) is 5.75 Å². The largest absolute Gasteiger partial charge is 0.508 e. The minimum Gasteiger partial charge on any atom is -0.508 e. The van der Waals surface area contributed by atoms with Crippen molar-refractivity contribution < 1.29 is 23.4 Å². The summed E-state index contributed by atoms with van der Waals surface area (Å²) in [5.41, 5.74) is -1.75. The molecular formula is C21H23F3O2S2. The molecule has 1 aliphatic rings. The van der Waals surface area contributed by atoms with Crippen molar-refractivity contribution in [3.63, 3.8) is 0 Å². The number of rotatable bonds is 6. The number of benzene rings is 1. The molecule has 7 heteroatoms. The topological polar surface area (TPSA) is 40.5 Å². The Hall–Kier alpha value is -1.44. The van der Waals surface area contributed by atoms with E-state index in [1.165, 1.54) is 29.2 Å². The van der Waals surface area contributed by atoms with E-state index in [-0.39, 0.29) is 18.1 Å². The van der Waals surface area contributed by atoms with Crippen LogP contribution in [-0.2, 0) is 5.41 Å². The molecule has 152 valence electrons. The fraction of sp³-hybridized carbons (Fsp3) is 0.429. The van der Waals surface area contributed by atoms with Gasteiger partial charge in [0.25, 0.3) is 0 Å². The molecule has 2 atom stereocenters. The summed E-state index contributed by atoms with van der Waals surface area (Å²) in [6.07, 6.45) is -3.94. The molecule has 1 aromatic heterocycles. The predicted molar refractivity (Wildman–Crippen MR) is 110 cm³/mol. The first-order valence-corrected chi connectivity index (χ1v) is 10.9. The molecule has 2 heterocycles. The molecule has 0 saturated carbocycles. The van der Waals surface area contributed by atoms with Crippen LogP contribution in [0.1, 0.15) is 32.3 Å². The number of phenols is 1. The third kappa shape index (κ3) is 4.42. The maximum atomic E-state index is 13.9. The first-order chi connectivity index (χ1) is 13.0. The Morgan fingerprint density at radius 1 is 1.14 bits per heavy atom. The Bertz CT molecular complexity index is 844. The normalized spacial score (nSPS) is 19.7. The number of phenolic OH excluding ortho intramolecular Hbond substituents is 1. The van der Waals surface area contributed by atoms with E-state index in [4.69, 9.17) is 0 Å². The monoisotopic (exact) mass is 428 g/mol. The van der Waals surface area contributed by atoms with Crippen LogP contribution in [-0.4, -0.2) is 27.7 Å². The summed E-state index contributed by atoms with van der Waals surface area (Å²) < 4.78 is 41.6. The highest BCUT2D eigenvalue weighted by atomic mass is 32.2. The molecule has 0 aliphatic carbocycles. The molecule has 0 radical (unpaired) electrons. The molecule has 0 saturated heterocycles. The smallest absolute Gasteiger partial charge is 0.417 e. The summed E-state index contributed by atoms with van der Waals surface area (Å²) in [7, 11) is 0. The highest BCUT2D eigenvalue weighted by molar-refractivity contribution is 8.02. The molecule has 2 nitrogen and oxygen atoms in total. The van der Waals surface area contributed by atoms with Gasteiger partial charge < -0.3 is 10.2 Å². The van der Waals surface area contributed by atoms with E-state index in [0.29, 0.717) is 11.3 Å². The van der Waals surface area contributed by atoms with Gasteiger partial charge in [0.15, 0.2) is 5.60 Å². The summed E-state index contributed by atoms with van der Waals surface area (Å²) in [6, 6.07) is 6.89. The van der Waals surface area contributed by atoms with Crippen molar-refractivity contribution >= 4 is 23.1 Å². The zero-order valence-electron chi connectivity index (χ0n) is 15.7. The van der Waals surface area contributed by atoms with Crippen molar-refractivity contribution in [1.82, 2.24) is 0 Å². The van der Waals surface area contributed by atoms with E-state index in [0.717, 1.165) is 11.1 Å². The Morgan fingerprint density at radius 2 is 1.89 bits per heavy atom. The van der Waals surface area contributed by atoms with Crippen LogP contribution in [0.2, 0.25) is 0 Å². The fourth-order valence-electron chi connectivity index (χ4n) is 3.76. The van der Waals surface area contributed by atoms with Crippen LogP contribution in [0.5, 0.6) is 5.75 Å². The number of thioether (sulfide) groups is 1. The number of allylic oxidation sites excluding steroid dienone is 1. The van der Waals surface area contributed by atoms with E-state index in [9.17, 15) is 23.4 Å². The Kier molecular flexibility index (Phi) is 5.90. The van der Waals surface area contributed by atoms with E-state index in [2.05, 4.69) is 0 Å². The van der Waals surface area contributed by atoms with Crippen molar-refractivity contribution in [1.29, 1.82) is 0 Å². The summed E-state index contributed by atoms with van der Waals surface area (Å²) in [5.74, 6) is 0.153. The lowest BCUT2D eigenvalue weighted by Crippen LogP contribution is -2.50. The lowest BCUT2D eigenvalue weighted by Gasteiger charge is -2.39. The number of thiophene rings is 1. The van der Waals surface area contributed by atoms with Crippen molar-refractivity contribution in [2.24, 2.45) is 5.92 Å². The number of aliphatic hydroxyl groups is 1. The second-order valence-corrected chi connectivity index (χ2v) is 9.68. The zero-order chi connectivity index (χ0) is 20.6. The van der Waals surface area contributed by atoms with Crippen molar-refractivity contribution in [3.8, 4) is 16.9 Å². The van der Waals surface area contributed by atoms with Gasteiger partial charge in [-0.25, -0.2) is 0 Å². The third-order valence-corrected chi connectivity index (χ3v) is 6.85. The first-order valence-electron chi connectivity index (χ1n) is 8.95. The van der Waals surface area contributed by atoms with Gasteiger partial charge in [0.1, 0.15) is 5.75 Å². The van der Waals surface area contributed by atoms with Crippen LogP contribution in [0, 0.1) is 5.92 Å². The average molecular weight is 429 g/mol. The van der Waals surface area contributed by atoms with Gasteiger partial charge >= 0.3 is 6.18 Å². The summed E-state index contributed by atoms with van der Waals surface area (Å²) in [6.45, 7) is 3.27. The molecule has 0 amide bonds. The van der Waals surface area contributed by atoms with Crippen LogP contribution in [0.15, 0.2) is 46.5 Å². The number of alkyl halides is 3. The van der Waals surface area contributed by atoms with Gasteiger partial charge in [0, 0.05) is 11.3 Å². The maximum Gasteiger partial charge on any atom is 0.417 e. The Balaban J connectivity index is 1.94. The summed E-state index contributed by atoms with van der Waals surface area (Å²) >= 11 is 2.98. The molecule has 0 spiro atoms. The molecular weight excluding hydrogens is 405 g/mol. The lowest BCUT2D eigenvalue weighted by atomic mass is 9.71. The van der Waals surface area contributed by atoms with Crippen molar-refractivity contribution in [2.45, 2.75) is 43.9 Å². The third-order valence-electron chi connectivity index (χ3n) is 5.20. The lowest BCUT2D eigenvalue weighted by molar-refractivity contribution is -0.271. The van der Waals surface area contributed by atoms with E-state index >= 15 is 0 Å². The van der Waals surface area contributed by atoms with Crippen LogP contribution in [0.25, 0.3) is 11.1 Å². The molecule has 0 fully saturated rings. The van der Waals surface area contributed by atoms with Gasteiger partial charge in [-0.15, -0.1) is 11.8 Å². The van der Waals surface area contributed by atoms with Crippen LogP contribution < -0.4 is 0 Å². The second-order valence-electron chi connectivity index (χ2n) is 7.96. The molecule has 2 aromatic rings. The van der Waals surface area contributed by atoms with E-state index in [1.807, 2.05) is 16.8 Å². The van der Waals surface area contributed by atoms with E-state index in [1.54, 1.807) is 37.5 Å². The highest BCUT2D eigenvalue weighted by Gasteiger charge is 2.56. The van der Waals surface area contributed by atoms with Gasteiger partial charge in [0.05, 0.1) is 0 Å². The highest BCUT2D eigenvalue weighted by Crippen LogP contribution is 2.47. The quantitative estimate of drug-likeness (QED) is 0.563. The van der Waals surface area contributed by atoms with Crippen LogP contribution >= 0.6 is 23.1 Å². The van der Waals surface area contributed by atoms with Gasteiger partial charge in [-0.1, -0.05) is 26.0 Å². The number of halogens is 3. The molecule has 28 heavy (non-hydrogen) atoms. The minimum atomic E-state index is -4.76. The minimum absolute atomic E-state index is 0.0650. The van der Waals surface area contributed by atoms with Gasteiger partial charge in [0.2, 0.25) is 0 Å². The standard InChI is InChI=1S/C21H23F3O2S2/c1-19(2,13-20(26,21(22,23)24)10-14-5-7-27-11-14)17-9-15(3-4-18(17)25)16-6-8-28-12-16/h3-9,12,14,25-26H,10-11,13H2,1-2H3. The SMILES string of the molecule is CC(C)(CC(O)(CC1C=CSC1)C(F)(F)F)c1cc(-c2ccsc2)ccc1O. The summed E-state index contributed by atoms with van der Waals surface area (Å²) in [4.78, 5) is 0. The molecule has 0 bridgehead atoms.